The highest BCUT2D eigenvalue weighted by Crippen LogP contribution is 2.27. The Hall–Kier alpha value is -1.82. The van der Waals surface area contributed by atoms with Crippen LogP contribution in [0, 0.1) is 0 Å². The first-order valence-corrected chi connectivity index (χ1v) is 9.06. The lowest BCUT2D eigenvalue weighted by atomic mass is 10.0. The van der Waals surface area contributed by atoms with Crippen molar-refractivity contribution in [3.8, 4) is 5.75 Å². The molecular formula is C11H11F3NO6S2-. The van der Waals surface area contributed by atoms with Crippen LogP contribution in [-0.4, -0.2) is 34.5 Å². The molecule has 7 nitrogen and oxygen atoms in total. The van der Waals surface area contributed by atoms with Crippen LogP contribution < -0.4 is 9.29 Å². The van der Waals surface area contributed by atoms with Crippen LogP contribution in [-0.2, 0) is 20.1 Å². The second kappa shape index (κ2) is 6.35. The molecule has 1 atom stereocenters. The third kappa shape index (κ3) is 5.39. The van der Waals surface area contributed by atoms with Gasteiger partial charge < -0.3 is 9.29 Å². The van der Waals surface area contributed by atoms with Crippen LogP contribution in [0.15, 0.2) is 28.7 Å². The summed E-state index contributed by atoms with van der Waals surface area (Å²) in [5.74, 6) is -2.56. The maximum Gasteiger partial charge on any atom is 0.534 e. The van der Waals surface area contributed by atoms with Gasteiger partial charge in [0.1, 0.15) is 5.75 Å². The molecule has 0 amide bonds. The van der Waals surface area contributed by atoms with Gasteiger partial charge in [-0.25, -0.2) is 8.42 Å². The summed E-state index contributed by atoms with van der Waals surface area (Å²) in [6, 6.07) is 4.06. The molecule has 1 aromatic carbocycles. The van der Waals surface area contributed by atoms with E-state index in [2.05, 4.69) is 8.58 Å². The van der Waals surface area contributed by atoms with E-state index >= 15 is 0 Å². The molecule has 0 aliphatic carbocycles. The van der Waals surface area contributed by atoms with Crippen molar-refractivity contribution in [2.45, 2.75) is 18.3 Å². The van der Waals surface area contributed by atoms with Gasteiger partial charge in [0.2, 0.25) is 10.0 Å². The maximum absolute atomic E-state index is 12.2. The molecule has 130 valence electrons. The highest BCUT2D eigenvalue weighted by Gasteiger charge is 2.48. The minimum Gasteiger partial charge on any atom is -0.861 e. The Labute approximate surface area is 130 Å². The summed E-state index contributed by atoms with van der Waals surface area (Å²) in [5, 5.41) is 11.6. The standard InChI is InChI=1S/C11H12F3NO6S2/c1-7(10(16)15-22(2,17)18)8-3-5-9(6-4-8)21-23(19,20)11(12,13)14/h3-7H,1-2H3,(H,15,16)/p-1/t7-/m1/s1. The molecule has 0 N–H and O–H groups in total. The molecule has 0 aliphatic rings. The quantitative estimate of drug-likeness (QED) is 0.325. The summed E-state index contributed by atoms with van der Waals surface area (Å²) >= 11 is 0. The van der Waals surface area contributed by atoms with E-state index in [0.29, 0.717) is 0 Å². The Balaban J connectivity index is 3.00. The minimum absolute atomic E-state index is 0.221. The number of rotatable bonds is 5. The first-order chi connectivity index (χ1) is 10.2. The fraction of sp³-hybridized carbons (Fsp3) is 0.364. The van der Waals surface area contributed by atoms with Gasteiger partial charge in [-0.05, 0) is 23.6 Å². The predicted molar refractivity (Wildman–Crippen MR) is 72.7 cm³/mol. The Morgan fingerprint density at radius 1 is 1.17 bits per heavy atom. The van der Waals surface area contributed by atoms with Crippen molar-refractivity contribution in [2.24, 2.45) is 4.40 Å². The number of halogens is 3. The fourth-order valence-electron chi connectivity index (χ4n) is 1.37. The number of hydrogen-bond acceptors (Lipinski definition) is 6. The van der Waals surface area contributed by atoms with E-state index in [1.807, 2.05) is 0 Å². The van der Waals surface area contributed by atoms with Crippen molar-refractivity contribution < 1.29 is 39.3 Å². The SMILES string of the molecule is C[C@@H](/C([O-])=N/S(C)(=O)=O)c1ccc(OS(=O)(=O)C(F)(F)F)cc1. The molecule has 0 saturated heterocycles. The molecule has 0 fully saturated rings. The lowest BCUT2D eigenvalue weighted by Crippen LogP contribution is -2.28. The first-order valence-electron chi connectivity index (χ1n) is 5.80. The van der Waals surface area contributed by atoms with Crippen molar-refractivity contribution in [3.05, 3.63) is 29.8 Å². The van der Waals surface area contributed by atoms with Gasteiger partial charge in [0, 0.05) is 5.92 Å². The molecule has 0 aliphatic heterocycles. The number of hydrogen-bond donors (Lipinski definition) is 0. The number of benzene rings is 1. The molecular weight excluding hydrogens is 363 g/mol. The molecule has 0 saturated carbocycles. The zero-order chi connectivity index (χ0) is 18.1. The van der Waals surface area contributed by atoms with Crippen molar-refractivity contribution in [3.63, 3.8) is 0 Å². The predicted octanol–water partition coefficient (Wildman–Crippen LogP) is 0.737. The smallest absolute Gasteiger partial charge is 0.534 e. The zero-order valence-electron chi connectivity index (χ0n) is 11.7. The molecule has 23 heavy (non-hydrogen) atoms. The summed E-state index contributed by atoms with van der Waals surface area (Å²) < 4.78 is 86.8. The van der Waals surface area contributed by atoms with Crippen LogP contribution in [0.3, 0.4) is 0 Å². The van der Waals surface area contributed by atoms with Crippen molar-refractivity contribution in [1.82, 2.24) is 0 Å². The number of sulfonamides is 1. The normalized spacial score (nSPS) is 15.3. The monoisotopic (exact) mass is 374 g/mol. The van der Waals surface area contributed by atoms with E-state index in [1.54, 1.807) is 0 Å². The molecule has 1 aromatic rings. The van der Waals surface area contributed by atoms with Crippen LogP contribution in [0.2, 0.25) is 0 Å². The lowest BCUT2D eigenvalue weighted by Gasteiger charge is -2.19. The Morgan fingerprint density at radius 2 is 1.65 bits per heavy atom. The highest BCUT2D eigenvalue weighted by atomic mass is 32.2. The van der Waals surface area contributed by atoms with Gasteiger partial charge in [0.05, 0.1) is 6.26 Å². The van der Waals surface area contributed by atoms with E-state index in [1.165, 1.54) is 6.92 Å². The largest absolute Gasteiger partial charge is 0.861 e. The Morgan fingerprint density at radius 3 is 2.04 bits per heavy atom. The van der Waals surface area contributed by atoms with E-state index in [9.17, 15) is 35.1 Å². The minimum atomic E-state index is -5.79. The third-order valence-corrected chi connectivity index (χ3v) is 3.99. The maximum atomic E-state index is 12.2. The van der Waals surface area contributed by atoms with Gasteiger partial charge in [-0.1, -0.05) is 19.1 Å². The average molecular weight is 374 g/mol. The first kappa shape index (κ1) is 19.2. The molecule has 0 radical (unpaired) electrons. The van der Waals surface area contributed by atoms with Crippen molar-refractivity contribution >= 4 is 26.0 Å². The zero-order valence-corrected chi connectivity index (χ0v) is 13.4. The van der Waals surface area contributed by atoms with Gasteiger partial charge in [-0.3, -0.25) is 0 Å². The van der Waals surface area contributed by atoms with Crippen molar-refractivity contribution in [1.29, 1.82) is 0 Å². The van der Waals surface area contributed by atoms with E-state index in [-0.39, 0.29) is 5.56 Å². The Kier molecular flexibility index (Phi) is 5.31. The van der Waals surface area contributed by atoms with Crippen LogP contribution in [0.4, 0.5) is 13.2 Å². The Bertz CT molecular complexity index is 797. The van der Waals surface area contributed by atoms with Gasteiger partial charge in [-0.15, -0.1) is 0 Å². The topological polar surface area (TPSA) is 113 Å². The third-order valence-electron chi connectivity index (χ3n) is 2.50. The van der Waals surface area contributed by atoms with Crippen LogP contribution in [0.1, 0.15) is 18.4 Å². The van der Waals surface area contributed by atoms with Crippen molar-refractivity contribution in [2.75, 3.05) is 6.26 Å². The fourth-order valence-corrected chi connectivity index (χ4v) is 2.31. The molecule has 0 unspecified atom stereocenters. The second-order valence-electron chi connectivity index (χ2n) is 4.44. The summed E-state index contributed by atoms with van der Waals surface area (Å²) in [6.07, 6.45) is 0.733. The molecule has 0 heterocycles. The average Bonchev–Trinajstić information content (AvgIpc) is 2.35. The van der Waals surface area contributed by atoms with E-state index in [0.717, 1.165) is 30.5 Å². The molecule has 0 bridgehead atoms. The van der Waals surface area contributed by atoms with Crippen LogP contribution >= 0.6 is 0 Å². The highest BCUT2D eigenvalue weighted by molar-refractivity contribution is 7.89. The molecule has 0 spiro atoms. The van der Waals surface area contributed by atoms with Gasteiger partial charge in [0.15, 0.2) is 0 Å². The summed E-state index contributed by atoms with van der Waals surface area (Å²) in [7, 11) is -9.67. The van der Waals surface area contributed by atoms with Gasteiger partial charge >= 0.3 is 15.6 Å². The molecule has 1 rings (SSSR count). The molecule has 12 heteroatoms. The summed E-state index contributed by atoms with van der Waals surface area (Å²) in [4.78, 5) is 0. The number of alkyl halides is 3. The lowest BCUT2D eigenvalue weighted by molar-refractivity contribution is -0.219. The second-order valence-corrected chi connectivity index (χ2v) is 7.62. The summed E-state index contributed by atoms with van der Waals surface area (Å²) in [5.41, 5.74) is -5.34. The number of nitrogens with zero attached hydrogens (tertiary/aromatic N) is 1. The summed E-state index contributed by atoms with van der Waals surface area (Å²) in [6.45, 7) is 1.33. The molecule has 0 aromatic heterocycles. The van der Waals surface area contributed by atoms with E-state index in [4.69, 9.17) is 0 Å². The van der Waals surface area contributed by atoms with Crippen LogP contribution in [0.25, 0.3) is 0 Å². The van der Waals surface area contributed by atoms with E-state index < -0.39 is 43.2 Å². The van der Waals surface area contributed by atoms with Crippen LogP contribution in [0.5, 0.6) is 5.75 Å². The van der Waals surface area contributed by atoms with Gasteiger partial charge in [-0.2, -0.15) is 26.0 Å². The van der Waals surface area contributed by atoms with Gasteiger partial charge in [0.25, 0.3) is 0 Å².